The van der Waals surface area contributed by atoms with Gasteiger partial charge in [0.15, 0.2) is 17.4 Å². The number of nitrogens with one attached hydrogen (secondary N) is 1. The van der Waals surface area contributed by atoms with Crippen molar-refractivity contribution in [2.24, 2.45) is 0 Å². The number of aromatic hydroxyl groups is 1. The smallest absolute Gasteiger partial charge is 0.199 e. The number of nitrogens with zero attached hydrogens (tertiary/aromatic N) is 2. The van der Waals surface area contributed by atoms with Gasteiger partial charge in [0.2, 0.25) is 0 Å². The van der Waals surface area contributed by atoms with Gasteiger partial charge in [0.25, 0.3) is 0 Å². The van der Waals surface area contributed by atoms with Crippen LogP contribution in [0.3, 0.4) is 0 Å². The molecule has 0 spiro atoms. The number of ether oxygens (including phenoxy) is 2. The van der Waals surface area contributed by atoms with Crippen molar-refractivity contribution in [3.63, 3.8) is 0 Å². The van der Waals surface area contributed by atoms with Crippen molar-refractivity contribution < 1.29 is 14.6 Å². The molecule has 2 aromatic heterocycles. The van der Waals surface area contributed by atoms with E-state index in [1.165, 1.54) is 0 Å². The van der Waals surface area contributed by atoms with E-state index in [0.717, 1.165) is 72.9 Å². The number of aromatic amines is 1. The summed E-state index contributed by atoms with van der Waals surface area (Å²) in [5.74, 6) is 1.76. The third-order valence-corrected chi connectivity index (χ3v) is 5.13. The summed E-state index contributed by atoms with van der Waals surface area (Å²) in [7, 11) is 0. The molecule has 158 valence electrons. The molecule has 0 radical (unpaired) electrons. The van der Waals surface area contributed by atoms with Crippen LogP contribution in [-0.4, -0.2) is 32.9 Å². The number of aromatic nitrogens is 3. The number of benzene rings is 1. The van der Waals surface area contributed by atoms with E-state index in [1.807, 2.05) is 29.1 Å². The lowest BCUT2D eigenvalue weighted by molar-refractivity contribution is 0.262. The van der Waals surface area contributed by atoms with Crippen LogP contribution in [0.4, 0.5) is 0 Å². The summed E-state index contributed by atoms with van der Waals surface area (Å²) < 4.78 is 14.1. The maximum absolute atomic E-state index is 10.7. The van der Waals surface area contributed by atoms with Crippen LogP contribution in [0.25, 0.3) is 10.8 Å². The first-order valence-corrected chi connectivity index (χ1v) is 10.8. The van der Waals surface area contributed by atoms with Crippen molar-refractivity contribution in [1.82, 2.24) is 14.5 Å². The van der Waals surface area contributed by atoms with E-state index >= 15 is 0 Å². The Kier molecular flexibility index (Phi) is 7.85. The van der Waals surface area contributed by atoms with Crippen LogP contribution in [0.5, 0.6) is 17.4 Å². The quantitative estimate of drug-likeness (QED) is 0.375. The van der Waals surface area contributed by atoms with Crippen LogP contribution in [0.15, 0.2) is 30.9 Å². The molecule has 2 N–H and O–H groups in total. The molecule has 3 aromatic rings. The molecule has 0 atom stereocenters. The molecule has 0 saturated carbocycles. The minimum atomic E-state index is 0.260. The van der Waals surface area contributed by atoms with Crippen LogP contribution in [0, 0.1) is 0 Å². The maximum Gasteiger partial charge on any atom is 0.199 e. The lowest BCUT2D eigenvalue weighted by atomic mass is 10.2. The third-order valence-electron chi connectivity index (χ3n) is 5.13. The zero-order valence-corrected chi connectivity index (χ0v) is 17.6. The fourth-order valence-electron chi connectivity index (χ4n) is 3.43. The highest BCUT2D eigenvalue weighted by Gasteiger charge is 2.17. The summed E-state index contributed by atoms with van der Waals surface area (Å²) >= 11 is 0. The molecular weight excluding hydrogens is 366 g/mol. The number of H-pyrrole nitrogens is 1. The molecular formula is C23H33N3O3. The van der Waals surface area contributed by atoms with E-state index in [9.17, 15) is 5.11 Å². The topological polar surface area (TPSA) is 72.3 Å². The summed E-state index contributed by atoms with van der Waals surface area (Å²) in [5.41, 5.74) is 1.04. The first-order chi connectivity index (χ1) is 14.2. The molecule has 0 aliphatic rings. The molecule has 0 aliphatic carbocycles. The van der Waals surface area contributed by atoms with Gasteiger partial charge in [-0.25, -0.2) is 4.98 Å². The van der Waals surface area contributed by atoms with Gasteiger partial charge in [-0.2, -0.15) is 0 Å². The molecule has 6 heteroatoms. The summed E-state index contributed by atoms with van der Waals surface area (Å²) in [6.45, 7) is 6.35. The Bertz CT molecular complexity index is 871. The predicted octanol–water partition coefficient (Wildman–Crippen LogP) is 5.45. The molecule has 0 saturated heterocycles. The van der Waals surface area contributed by atoms with Crippen molar-refractivity contribution in [2.75, 3.05) is 13.2 Å². The lowest BCUT2D eigenvalue weighted by Crippen LogP contribution is -2.03. The van der Waals surface area contributed by atoms with E-state index in [-0.39, 0.29) is 5.88 Å². The van der Waals surface area contributed by atoms with Crippen molar-refractivity contribution in [3.8, 4) is 17.4 Å². The third kappa shape index (κ3) is 5.46. The monoisotopic (exact) mass is 399 g/mol. The highest BCUT2D eigenvalue weighted by molar-refractivity contribution is 5.94. The summed E-state index contributed by atoms with van der Waals surface area (Å²) in [5, 5.41) is 12.4. The summed E-state index contributed by atoms with van der Waals surface area (Å²) in [6, 6.07) is 3.84. The lowest BCUT2D eigenvalue weighted by Gasteiger charge is -2.14. The van der Waals surface area contributed by atoms with Gasteiger partial charge >= 0.3 is 0 Å². The van der Waals surface area contributed by atoms with Gasteiger partial charge in [-0.05, 0) is 25.0 Å². The second-order valence-corrected chi connectivity index (χ2v) is 7.44. The second kappa shape index (κ2) is 10.8. The Morgan fingerprint density at radius 1 is 1.00 bits per heavy atom. The minimum absolute atomic E-state index is 0.260. The zero-order chi connectivity index (χ0) is 20.5. The van der Waals surface area contributed by atoms with Gasteiger partial charge in [-0.1, -0.05) is 39.5 Å². The largest absolute Gasteiger partial charge is 0.494 e. The number of rotatable bonds is 13. The molecule has 0 unspecified atom stereocenters. The van der Waals surface area contributed by atoms with Crippen LogP contribution in [0.2, 0.25) is 0 Å². The van der Waals surface area contributed by atoms with Crippen molar-refractivity contribution in [3.05, 3.63) is 36.5 Å². The number of unbranched alkanes of at least 4 members (excludes halogenated alkanes) is 4. The van der Waals surface area contributed by atoms with Crippen LogP contribution < -0.4 is 9.47 Å². The van der Waals surface area contributed by atoms with Crippen LogP contribution in [-0.2, 0) is 13.0 Å². The van der Waals surface area contributed by atoms with Crippen molar-refractivity contribution >= 4 is 10.8 Å². The number of fused-ring (bicyclic) bond motifs is 1. The normalized spacial score (nSPS) is 11.2. The van der Waals surface area contributed by atoms with E-state index in [0.29, 0.717) is 19.8 Å². The van der Waals surface area contributed by atoms with Gasteiger partial charge in [-0.15, -0.1) is 0 Å². The fourth-order valence-corrected chi connectivity index (χ4v) is 3.43. The molecule has 2 heterocycles. The van der Waals surface area contributed by atoms with E-state index in [4.69, 9.17) is 9.47 Å². The molecule has 0 aliphatic heterocycles. The standard InChI is InChI=1S/C23H33N3O3/c1-3-5-7-13-28-21-10-9-19-20(22(21)29-14-8-6-4-2)16-26(23(19)27)12-11-18-15-24-17-25-18/h9-10,15-17,27H,3-8,11-14H2,1-2H3,(H,24,25). The van der Waals surface area contributed by atoms with E-state index in [2.05, 4.69) is 23.8 Å². The Balaban J connectivity index is 1.82. The Labute approximate surface area is 172 Å². The number of aryl methyl sites for hydroxylation is 2. The van der Waals surface area contributed by atoms with Gasteiger partial charge in [0, 0.05) is 41.8 Å². The Morgan fingerprint density at radius 2 is 1.76 bits per heavy atom. The summed E-state index contributed by atoms with van der Waals surface area (Å²) in [4.78, 5) is 7.16. The zero-order valence-electron chi connectivity index (χ0n) is 17.6. The summed E-state index contributed by atoms with van der Waals surface area (Å²) in [6.07, 6.45) is 12.9. The Hall–Kier alpha value is -2.63. The average molecular weight is 400 g/mol. The predicted molar refractivity (Wildman–Crippen MR) is 116 cm³/mol. The number of imidazole rings is 1. The van der Waals surface area contributed by atoms with Gasteiger partial charge < -0.3 is 24.1 Å². The molecule has 1 aromatic carbocycles. The average Bonchev–Trinajstić information content (AvgIpc) is 3.36. The van der Waals surface area contributed by atoms with Gasteiger partial charge in [0.1, 0.15) is 0 Å². The Morgan fingerprint density at radius 3 is 2.45 bits per heavy atom. The molecule has 3 rings (SSSR count). The number of hydrogen-bond donors (Lipinski definition) is 2. The molecule has 0 fully saturated rings. The molecule has 6 nitrogen and oxygen atoms in total. The van der Waals surface area contributed by atoms with Gasteiger partial charge in [0.05, 0.1) is 19.5 Å². The molecule has 0 bridgehead atoms. The second-order valence-electron chi connectivity index (χ2n) is 7.44. The fraction of sp³-hybridized carbons (Fsp3) is 0.522. The highest BCUT2D eigenvalue weighted by Crippen LogP contribution is 2.40. The molecule has 0 amide bonds. The van der Waals surface area contributed by atoms with Crippen LogP contribution in [0.1, 0.15) is 58.1 Å². The first kappa shape index (κ1) is 21.1. The van der Waals surface area contributed by atoms with E-state index in [1.54, 1.807) is 6.33 Å². The molecule has 29 heavy (non-hydrogen) atoms. The van der Waals surface area contributed by atoms with Crippen molar-refractivity contribution in [1.29, 1.82) is 0 Å². The highest BCUT2D eigenvalue weighted by atomic mass is 16.5. The van der Waals surface area contributed by atoms with E-state index < -0.39 is 0 Å². The van der Waals surface area contributed by atoms with Gasteiger partial charge in [-0.3, -0.25) is 0 Å². The number of hydrogen-bond acceptors (Lipinski definition) is 4. The minimum Gasteiger partial charge on any atom is -0.494 e. The SMILES string of the molecule is CCCCCOc1ccc2c(O)n(CCc3cnc[nH]3)cc2c1OCCCCC. The van der Waals surface area contributed by atoms with Crippen molar-refractivity contribution in [2.45, 2.75) is 65.3 Å². The maximum atomic E-state index is 10.7. The first-order valence-electron chi connectivity index (χ1n) is 10.8. The van der Waals surface area contributed by atoms with Crippen LogP contribution >= 0.6 is 0 Å².